The third-order valence-corrected chi connectivity index (χ3v) is 4.09. The normalized spacial score (nSPS) is 29.2. The highest BCUT2D eigenvalue weighted by atomic mass is 16.5. The van der Waals surface area contributed by atoms with Gasteiger partial charge in [-0.2, -0.15) is 0 Å². The fraction of sp³-hybridized carbons (Fsp3) is 0.846. The van der Waals surface area contributed by atoms with Crippen molar-refractivity contribution in [1.29, 1.82) is 0 Å². The number of urea groups is 1. The van der Waals surface area contributed by atoms with Crippen LogP contribution in [0.3, 0.4) is 0 Å². The summed E-state index contributed by atoms with van der Waals surface area (Å²) >= 11 is 0. The summed E-state index contributed by atoms with van der Waals surface area (Å²) in [6.07, 6.45) is 4.10. The largest absolute Gasteiger partial charge is 0.383 e. The van der Waals surface area contributed by atoms with Gasteiger partial charge in [0.2, 0.25) is 5.91 Å². The molecule has 3 amide bonds. The minimum Gasteiger partial charge on any atom is -0.383 e. The molecule has 2 rings (SSSR count). The van der Waals surface area contributed by atoms with E-state index in [4.69, 9.17) is 10.5 Å². The molecule has 2 bridgehead atoms. The first kappa shape index (κ1) is 15.2. The topological polar surface area (TPSA) is 96.7 Å². The Bertz CT molecular complexity index is 350. The van der Waals surface area contributed by atoms with E-state index >= 15 is 0 Å². The minimum absolute atomic E-state index is 0.254. The molecular formula is C13H24N4O3. The molecule has 2 aliphatic rings. The highest BCUT2D eigenvalue weighted by Gasteiger charge is 2.40. The molecule has 7 heteroatoms. The number of hydrogen-bond acceptors (Lipinski definition) is 5. The Morgan fingerprint density at radius 3 is 2.55 bits per heavy atom. The quantitative estimate of drug-likeness (QED) is 0.587. The summed E-state index contributed by atoms with van der Waals surface area (Å²) in [6, 6.07) is 0.578. The van der Waals surface area contributed by atoms with Crippen molar-refractivity contribution in [2.75, 3.05) is 26.8 Å². The number of piperidine rings is 1. The zero-order chi connectivity index (χ0) is 14.5. The molecule has 2 aliphatic heterocycles. The van der Waals surface area contributed by atoms with Crippen LogP contribution in [-0.2, 0) is 9.53 Å². The summed E-state index contributed by atoms with van der Waals surface area (Å²) in [5, 5.41) is 4.91. The number of carbonyl (C=O) groups excluding carboxylic acids is 2. The summed E-state index contributed by atoms with van der Waals surface area (Å²) in [4.78, 5) is 25.5. The van der Waals surface area contributed by atoms with Crippen molar-refractivity contribution in [3.63, 3.8) is 0 Å². The second kappa shape index (κ2) is 7.01. The van der Waals surface area contributed by atoms with E-state index in [0.29, 0.717) is 25.2 Å². The van der Waals surface area contributed by atoms with E-state index in [1.165, 1.54) is 0 Å². The lowest BCUT2D eigenvalue weighted by atomic mass is 9.98. The monoisotopic (exact) mass is 284 g/mol. The lowest BCUT2D eigenvalue weighted by Crippen LogP contribution is -2.52. The standard InChI is InChI=1S/C13H24N4O3/c1-20-5-4-15-13(19)16-12(18)8-17-10-2-3-11(17)7-9(14)6-10/h9-11H,2-8,14H2,1H3,(H2,15,16,18,19). The molecule has 2 fully saturated rings. The van der Waals surface area contributed by atoms with Gasteiger partial charge in [-0.05, 0) is 25.7 Å². The Hall–Kier alpha value is -1.18. The molecule has 0 spiro atoms. The Morgan fingerprint density at radius 1 is 1.30 bits per heavy atom. The van der Waals surface area contributed by atoms with Gasteiger partial charge >= 0.3 is 6.03 Å². The molecule has 7 nitrogen and oxygen atoms in total. The molecular weight excluding hydrogens is 260 g/mol. The first-order chi connectivity index (χ1) is 9.60. The Morgan fingerprint density at radius 2 is 1.95 bits per heavy atom. The minimum atomic E-state index is -0.465. The van der Waals surface area contributed by atoms with Crippen LogP contribution in [0.5, 0.6) is 0 Å². The van der Waals surface area contributed by atoms with Crippen molar-refractivity contribution in [3.8, 4) is 0 Å². The van der Waals surface area contributed by atoms with E-state index in [-0.39, 0.29) is 18.5 Å². The van der Waals surface area contributed by atoms with E-state index in [9.17, 15) is 9.59 Å². The second-order valence-corrected chi connectivity index (χ2v) is 5.59. The van der Waals surface area contributed by atoms with Gasteiger partial charge in [0.25, 0.3) is 0 Å². The number of amides is 3. The van der Waals surface area contributed by atoms with Crippen LogP contribution in [0.4, 0.5) is 4.79 Å². The van der Waals surface area contributed by atoms with Crippen molar-refractivity contribution < 1.29 is 14.3 Å². The lowest BCUT2D eigenvalue weighted by molar-refractivity contribution is -0.122. The maximum atomic E-state index is 11.9. The van der Waals surface area contributed by atoms with Gasteiger partial charge in [0, 0.05) is 31.8 Å². The Balaban J connectivity index is 1.73. The van der Waals surface area contributed by atoms with E-state index in [1.54, 1.807) is 7.11 Å². The molecule has 2 atom stereocenters. The van der Waals surface area contributed by atoms with Gasteiger partial charge < -0.3 is 15.8 Å². The molecule has 0 aromatic carbocycles. The molecule has 2 saturated heterocycles. The van der Waals surface area contributed by atoms with Crippen molar-refractivity contribution >= 4 is 11.9 Å². The van der Waals surface area contributed by atoms with E-state index in [0.717, 1.165) is 25.7 Å². The van der Waals surface area contributed by atoms with Gasteiger partial charge in [-0.3, -0.25) is 15.0 Å². The Labute approximate surface area is 119 Å². The average molecular weight is 284 g/mol. The van der Waals surface area contributed by atoms with Gasteiger partial charge in [0.05, 0.1) is 13.2 Å². The first-order valence-electron chi connectivity index (χ1n) is 7.18. The number of ether oxygens (including phenoxy) is 1. The van der Waals surface area contributed by atoms with E-state index in [1.807, 2.05) is 0 Å². The average Bonchev–Trinajstić information content (AvgIpc) is 2.62. The van der Waals surface area contributed by atoms with Crippen LogP contribution >= 0.6 is 0 Å². The molecule has 0 aromatic rings. The number of methoxy groups -OCH3 is 1. The number of nitrogens with one attached hydrogen (secondary N) is 2. The van der Waals surface area contributed by atoms with Crippen LogP contribution in [0, 0.1) is 0 Å². The second-order valence-electron chi connectivity index (χ2n) is 5.59. The molecule has 4 N–H and O–H groups in total. The number of carbonyl (C=O) groups is 2. The molecule has 114 valence electrons. The third kappa shape index (κ3) is 3.91. The van der Waals surface area contributed by atoms with Gasteiger partial charge in [-0.15, -0.1) is 0 Å². The molecule has 2 heterocycles. The first-order valence-corrected chi connectivity index (χ1v) is 7.18. The highest BCUT2D eigenvalue weighted by Crippen LogP contribution is 2.34. The summed E-state index contributed by atoms with van der Waals surface area (Å²) in [5.74, 6) is -0.257. The number of imide groups is 1. The van der Waals surface area contributed by atoms with Crippen LogP contribution in [0.1, 0.15) is 25.7 Å². The maximum absolute atomic E-state index is 11.9. The summed E-state index contributed by atoms with van der Waals surface area (Å²) in [6.45, 7) is 1.09. The number of nitrogens with zero attached hydrogens (tertiary/aromatic N) is 1. The molecule has 0 saturated carbocycles. The van der Waals surface area contributed by atoms with Crippen LogP contribution in [-0.4, -0.2) is 61.8 Å². The van der Waals surface area contributed by atoms with Crippen molar-refractivity contribution in [2.45, 2.75) is 43.8 Å². The number of fused-ring (bicyclic) bond motifs is 2. The van der Waals surface area contributed by atoms with Gasteiger partial charge in [0.15, 0.2) is 0 Å². The SMILES string of the molecule is COCCNC(=O)NC(=O)CN1C2CCC1CC(N)C2. The molecule has 20 heavy (non-hydrogen) atoms. The molecule has 0 aromatic heterocycles. The smallest absolute Gasteiger partial charge is 0.321 e. The zero-order valence-corrected chi connectivity index (χ0v) is 11.9. The summed E-state index contributed by atoms with van der Waals surface area (Å²) < 4.78 is 4.82. The van der Waals surface area contributed by atoms with Gasteiger partial charge in [0.1, 0.15) is 0 Å². The summed E-state index contributed by atoms with van der Waals surface area (Å²) in [5.41, 5.74) is 5.99. The highest BCUT2D eigenvalue weighted by molar-refractivity contribution is 5.95. The molecule has 0 aliphatic carbocycles. The van der Waals surface area contributed by atoms with Crippen LogP contribution in [0.15, 0.2) is 0 Å². The van der Waals surface area contributed by atoms with E-state index < -0.39 is 6.03 Å². The van der Waals surface area contributed by atoms with Crippen LogP contribution < -0.4 is 16.4 Å². The third-order valence-electron chi connectivity index (χ3n) is 4.09. The fourth-order valence-electron chi connectivity index (χ4n) is 3.22. The summed E-state index contributed by atoms with van der Waals surface area (Å²) in [7, 11) is 1.56. The zero-order valence-electron chi connectivity index (χ0n) is 11.9. The van der Waals surface area contributed by atoms with E-state index in [2.05, 4.69) is 15.5 Å². The Kier molecular flexibility index (Phi) is 5.33. The predicted octanol–water partition coefficient (Wildman–Crippen LogP) is -0.587. The fourth-order valence-corrected chi connectivity index (χ4v) is 3.22. The predicted molar refractivity (Wildman–Crippen MR) is 74.1 cm³/mol. The molecule has 0 radical (unpaired) electrons. The van der Waals surface area contributed by atoms with Crippen LogP contribution in [0.2, 0.25) is 0 Å². The van der Waals surface area contributed by atoms with Crippen molar-refractivity contribution in [1.82, 2.24) is 15.5 Å². The van der Waals surface area contributed by atoms with Gasteiger partial charge in [-0.25, -0.2) is 4.79 Å². The van der Waals surface area contributed by atoms with Crippen molar-refractivity contribution in [2.24, 2.45) is 5.73 Å². The van der Waals surface area contributed by atoms with Crippen LogP contribution in [0.25, 0.3) is 0 Å². The number of nitrogens with two attached hydrogens (primary N) is 1. The maximum Gasteiger partial charge on any atom is 0.321 e. The van der Waals surface area contributed by atoms with Crippen molar-refractivity contribution in [3.05, 3.63) is 0 Å². The van der Waals surface area contributed by atoms with Gasteiger partial charge in [-0.1, -0.05) is 0 Å². The number of hydrogen-bond donors (Lipinski definition) is 3. The molecule has 2 unspecified atom stereocenters. The number of rotatable bonds is 5. The lowest BCUT2D eigenvalue weighted by Gasteiger charge is -2.37.